The van der Waals surface area contributed by atoms with Crippen LogP contribution in [0.1, 0.15) is 44.6 Å². The molecule has 1 aromatic rings. The number of benzene rings is 1. The van der Waals surface area contributed by atoms with Gasteiger partial charge in [0.15, 0.2) is 18.1 Å². The van der Waals surface area contributed by atoms with Crippen LogP contribution in [0.15, 0.2) is 17.0 Å². The number of methoxy groups -OCH3 is 1. The minimum absolute atomic E-state index is 0.208. The fraction of sp³-hybridized carbons (Fsp3) is 0.500. The molecule has 2 aliphatic rings. The molecule has 0 N–H and O–H groups in total. The van der Waals surface area contributed by atoms with Gasteiger partial charge >= 0.3 is 5.97 Å². The van der Waals surface area contributed by atoms with Crippen LogP contribution in [0, 0.1) is 5.92 Å². The van der Waals surface area contributed by atoms with Gasteiger partial charge in [0.05, 0.1) is 23.6 Å². The molecular formula is C22H26ClNO6S. The number of halogens is 1. The molecule has 168 valence electrons. The van der Waals surface area contributed by atoms with E-state index in [4.69, 9.17) is 25.8 Å². The van der Waals surface area contributed by atoms with E-state index in [-0.39, 0.29) is 35.1 Å². The molecule has 1 saturated carbocycles. The Labute approximate surface area is 191 Å². The fourth-order valence-corrected chi connectivity index (χ4v) is 4.86. The Morgan fingerprint density at radius 3 is 2.68 bits per heavy atom. The Balaban J connectivity index is 1.74. The Morgan fingerprint density at radius 2 is 2.00 bits per heavy atom. The summed E-state index contributed by atoms with van der Waals surface area (Å²) in [5, 5.41) is -0.0226. The van der Waals surface area contributed by atoms with Crippen LogP contribution in [0.25, 0.3) is 6.08 Å². The van der Waals surface area contributed by atoms with Gasteiger partial charge in [0, 0.05) is 6.54 Å². The van der Waals surface area contributed by atoms with E-state index in [1.807, 2.05) is 0 Å². The van der Waals surface area contributed by atoms with Crippen molar-refractivity contribution in [2.45, 2.75) is 39.0 Å². The van der Waals surface area contributed by atoms with Crippen LogP contribution >= 0.6 is 23.4 Å². The van der Waals surface area contributed by atoms with E-state index in [9.17, 15) is 14.4 Å². The van der Waals surface area contributed by atoms with Crippen molar-refractivity contribution < 1.29 is 28.6 Å². The zero-order valence-corrected chi connectivity index (χ0v) is 19.2. The van der Waals surface area contributed by atoms with Crippen molar-refractivity contribution in [2.75, 3.05) is 26.9 Å². The molecule has 1 aliphatic heterocycles. The maximum Gasteiger partial charge on any atom is 0.344 e. The third kappa shape index (κ3) is 5.95. The maximum atomic E-state index is 12.8. The van der Waals surface area contributed by atoms with Gasteiger partial charge in [-0.15, -0.1) is 0 Å². The predicted octanol–water partition coefficient (Wildman–Crippen LogP) is 4.91. The number of hydrogen-bond acceptors (Lipinski definition) is 7. The summed E-state index contributed by atoms with van der Waals surface area (Å²) in [4.78, 5) is 38.5. The summed E-state index contributed by atoms with van der Waals surface area (Å²) in [6, 6.07) is 3.24. The SMILES string of the molecule is CCOC(=O)COc1c(Cl)cc(/C=C2/SC(=O)N(CC3CCCCC3)C2=O)cc1OC. The number of carbonyl (C=O) groups is 3. The first-order chi connectivity index (χ1) is 14.9. The fourth-order valence-electron chi connectivity index (χ4n) is 3.73. The standard InChI is InChI=1S/C22H26ClNO6S/c1-3-29-19(25)13-30-20-16(23)9-15(10-17(20)28-2)11-18-21(26)24(22(27)31-18)12-14-7-5-4-6-8-14/h9-11,14H,3-8,12-13H2,1-2H3/b18-11+. The lowest BCUT2D eigenvalue weighted by molar-refractivity contribution is -0.145. The third-order valence-electron chi connectivity index (χ3n) is 5.23. The molecule has 0 bridgehead atoms. The van der Waals surface area contributed by atoms with Gasteiger partial charge in [0.25, 0.3) is 11.1 Å². The van der Waals surface area contributed by atoms with Gasteiger partial charge in [0.2, 0.25) is 0 Å². The summed E-state index contributed by atoms with van der Waals surface area (Å²) >= 11 is 7.26. The average molecular weight is 468 g/mol. The Hall–Kier alpha value is -2.19. The zero-order valence-electron chi connectivity index (χ0n) is 17.6. The van der Waals surface area contributed by atoms with E-state index in [0.717, 1.165) is 37.4 Å². The molecule has 0 radical (unpaired) electrons. The summed E-state index contributed by atoms with van der Waals surface area (Å²) in [6.45, 7) is 2.13. The molecule has 1 saturated heterocycles. The number of amides is 2. The summed E-state index contributed by atoms with van der Waals surface area (Å²) in [7, 11) is 1.45. The van der Waals surface area contributed by atoms with Crippen LogP contribution in [0.3, 0.4) is 0 Å². The molecule has 0 aromatic heterocycles. The molecule has 0 atom stereocenters. The van der Waals surface area contributed by atoms with Crippen LogP contribution in [0.2, 0.25) is 5.02 Å². The summed E-state index contributed by atoms with van der Waals surface area (Å²) in [5.41, 5.74) is 0.591. The molecular weight excluding hydrogens is 442 g/mol. The first-order valence-corrected chi connectivity index (χ1v) is 11.5. The summed E-state index contributed by atoms with van der Waals surface area (Å²) in [5.74, 6) is 0.103. The van der Waals surface area contributed by atoms with Crippen LogP contribution < -0.4 is 9.47 Å². The quantitative estimate of drug-likeness (QED) is 0.397. The predicted molar refractivity (Wildman–Crippen MR) is 119 cm³/mol. The maximum absolute atomic E-state index is 12.8. The molecule has 7 nitrogen and oxygen atoms in total. The molecule has 1 aromatic carbocycles. The van der Waals surface area contributed by atoms with E-state index < -0.39 is 5.97 Å². The van der Waals surface area contributed by atoms with Gasteiger partial charge in [-0.3, -0.25) is 14.5 Å². The van der Waals surface area contributed by atoms with Gasteiger partial charge in [-0.1, -0.05) is 30.9 Å². The van der Waals surface area contributed by atoms with Gasteiger partial charge in [-0.2, -0.15) is 0 Å². The van der Waals surface area contributed by atoms with Gasteiger partial charge in [-0.05, 0) is 61.2 Å². The van der Waals surface area contributed by atoms with Crippen LogP contribution in [0.5, 0.6) is 11.5 Å². The Morgan fingerprint density at radius 1 is 1.26 bits per heavy atom. The van der Waals surface area contributed by atoms with Crippen molar-refractivity contribution >= 4 is 46.6 Å². The highest BCUT2D eigenvalue weighted by atomic mass is 35.5. The van der Waals surface area contributed by atoms with Crippen molar-refractivity contribution in [2.24, 2.45) is 5.92 Å². The van der Waals surface area contributed by atoms with E-state index in [1.54, 1.807) is 25.1 Å². The highest BCUT2D eigenvalue weighted by Crippen LogP contribution is 2.39. The summed E-state index contributed by atoms with van der Waals surface area (Å²) < 4.78 is 15.6. The molecule has 9 heteroatoms. The Kier molecular flexibility index (Phi) is 8.26. The average Bonchev–Trinajstić information content (AvgIpc) is 3.01. The van der Waals surface area contributed by atoms with E-state index in [0.29, 0.717) is 28.7 Å². The second-order valence-electron chi connectivity index (χ2n) is 7.42. The van der Waals surface area contributed by atoms with Crippen molar-refractivity contribution in [1.82, 2.24) is 4.90 Å². The minimum atomic E-state index is -0.517. The molecule has 2 fully saturated rings. The van der Waals surface area contributed by atoms with Crippen molar-refractivity contribution in [1.29, 1.82) is 0 Å². The lowest BCUT2D eigenvalue weighted by atomic mass is 9.89. The number of esters is 1. The van der Waals surface area contributed by atoms with Crippen molar-refractivity contribution in [3.63, 3.8) is 0 Å². The molecule has 3 rings (SSSR count). The highest BCUT2D eigenvalue weighted by Gasteiger charge is 2.36. The van der Waals surface area contributed by atoms with Crippen molar-refractivity contribution in [3.05, 3.63) is 27.6 Å². The summed E-state index contributed by atoms with van der Waals surface area (Å²) in [6.07, 6.45) is 7.26. The van der Waals surface area contributed by atoms with Crippen LogP contribution in [0.4, 0.5) is 4.79 Å². The molecule has 2 amide bonds. The number of ether oxygens (including phenoxy) is 3. The molecule has 0 unspecified atom stereocenters. The van der Waals surface area contributed by atoms with Crippen molar-refractivity contribution in [3.8, 4) is 11.5 Å². The van der Waals surface area contributed by atoms with Crippen LogP contribution in [-0.4, -0.2) is 48.9 Å². The number of hydrogen-bond donors (Lipinski definition) is 0. The number of rotatable bonds is 8. The third-order valence-corrected chi connectivity index (χ3v) is 6.42. The van der Waals surface area contributed by atoms with Gasteiger partial charge in [-0.25, -0.2) is 4.79 Å². The second kappa shape index (κ2) is 10.9. The Bertz CT molecular complexity index is 881. The molecule has 1 heterocycles. The highest BCUT2D eigenvalue weighted by molar-refractivity contribution is 8.18. The smallest absolute Gasteiger partial charge is 0.344 e. The first kappa shape index (κ1) is 23.5. The van der Waals surface area contributed by atoms with Crippen LogP contribution in [-0.2, 0) is 14.3 Å². The number of thioether (sulfide) groups is 1. The molecule has 31 heavy (non-hydrogen) atoms. The molecule has 0 spiro atoms. The second-order valence-corrected chi connectivity index (χ2v) is 8.82. The lowest BCUT2D eigenvalue weighted by Crippen LogP contribution is -2.34. The monoisotopic (exact) mass is 467 g/mol. The number of nitrogens with zero attached hydrogens (tertiary/aromatic N) is 1. The van der Waals surface area contributed by atoms with Gasteiger partial charge in [0.1, 0.15) is 0 Å². The topological polar surface area (TPSA) is 82.1 Å². The largest absolute Gasteiger partial charge is 0.493 e. The number of imide groups is 1. The molecule has 1 aliphatic carbocycles. The van der Waals surface area contributed by atoms with E-state index >= 15 is 0 Å². The first-order valence-electron chi connectivity index (χ1n) is 10.3. The normalized spacial score (nSPS) is 18.5. The lowest BCUT2D eigenvalue weighted by Gasteiger charge is -2.25. The minimum Gasteiger partial charge on any atom is -0.493 e. The van der Waals surface area contributed by atoms with E-state index in [2.05, 4.69) is 0 Å². The van der Waals surface area contributed by atoms with E-state index in [1.165, 1.54) is 18.4 Å². The number of carbonyl (C=O) groups excluding carboxylic acids is 3. The zero-order chi connectivity index (χ0) is 22.4. The van der Waals surface area contributed by atoms with Gasteiger partial charge < -0.3 is 14.2 Å².